The summed E-state index contributed by atoms with van der Waals surface area (Å²) in [6.07, 6.45) is 0. The Morgan fingerprint density at radius 1 is 0.923 bits per heavy atom. The normalized spacial score (nSPS) is 12.3. The Morgan fingerprint density at radius 3 is 1.69 bits per heavy atom. The van der Waals surface area contributed by atoms with E-state index in [2.05, 4.69) is 5.32 Å². The van der Waals surface area contributed by atoms with Gasteiger partial charge in [0.1, 0.15) is 0 Å². The molecule has 0 saturated carbocycles. The highest BCUT2D eigenvalue weighted by Gasteiger charge is 2.25. The zero-order valence-corrected chi connectivity index (χ0v) is 7.35. The minimum atomic E-state index is -0.300. The maximum Gasteiger partial charge on any atom is 0.258 e. The number of nitrogens with one attached hydrogen (secondary N) is 1. The van der Waals surface area contributed by atoms with Crippen molar-refractivity contribution in [3.05, 3.63) is 35.4 Å². The number of carbonyl (C=O) groups is 2. The Hall–Kier alpha value is -1.39. The molecule has 2 rings (SSSR count). The van der Waals surface area contributed by atoms with Gasteiger partial charge in [-0.1, -0.05) is 12.1 Å². The highest BCUT2D eigenvalue weighted by Crippen LogP contribution is 2.13. The predicted octanol–water partition coefficient (Wildman–Crippen LogP) is 0.167. The molecule has 5 heteroatoms. The van der Waals surface area contributed by atoms with Gasteiger partial charge in [-0.25, -0.2) is 0 Å². The Bertz CT molecular complexity index is 318. The summed E-state index contributed by atoms with van der Waals surface area (Å²) in [6, 6.07) is 6.74. The Kier molecular flexibility index (Phi) is 3.59. The fourth-order valence-electron chi connectivity index (χ4n) is 1.12. The van der Waals surface area contributed by atoms with Gasteiger partial charge in [0, 0.05) is 0 Å². The van der Waals surface area contributed by atoms with Crippen LogP contribution in [0, 0.1) is 0 Å². The number of amides is 2. The zero-order valence-electron chi connectivity index (χ0n) is 6.53. The highest BCUT2D eigenvalue weighted by molar-refractivity contribution is 6.21. The number of rotatable bonds is 0. The molecule has 1 aliphatic rings. The third-order valence-electron chi connectivity index (χ3n) is 1.64. The van der Waals surface area contributed by atoms with Gasteiger partial charge in [0.2, 0.25) is 0 Å². The molecule has 3 N–H and O–H groups in total. The molecular weight excluding hydrogens is 194 g/mol. The van der Waals surface area contributed by atoms with E-state index in [0.29, 0.717) is 11.1 Å². The summed E-state index contributed by atoms with van der Waals surface area (Å²) in [5, 5.41) is 2.20. The van der Waals surface area contributed by atoms with Crippen LogP contribution in [0.25, 0.3) is 0 Å². The summed E-state index contributed by atoms with van der Waals surface area (Å²) in [5.74, 6) is -0.601. The third-order valence-corrected chi connectivity index (χ3v) is 1.64. The van der Waals surface area contributed by atoms with Crippen molar-refractivity contribution in [3.8, 4) is 0 Å². The van der Waals surface area contributed by atoms with Crippen molar-refractivity contribution in [2.24, 2.45) is 0 Å². The maximum absolute atomic E-state index is 10.9. The largest absolute Gasteiger partial charge is 0.412 e. The van der Waals surface area contributed by atoms with E-state index in [-0.39, 0.29) is 29.7 Å². The summed E-state index contributed by atoms with van der Waals surface area (Å²) in [6.45, 7) is 0. The lowest BCUT2D eigenvalue weighted by Crippen LogP contribution is -2.19. The second-order valence-electron chi connectivity index (χ2n) is 2.33. The molecule has 0 fully saturated rings. The second kappa shape index (κ2) is 4.02. The van der Waals surface area contributed by atoms with E-state index in [1.165, 1.54) is 0 Å². The summed E-state index contributed by atoms with van der Waals surface area (Å²) in [5.41, 5.74) is 0.940. The van der Waals surface area contributed by atoms with Gasteiger partial charge in [0.15, 0.2) is 0 Å². The molecule has 0 saturated heterocycles. The van der Waals surface area contributed by atoms with Crippen molar-refractivity contribution in [1.82, 2.24) is 5.32 Å². The first-order valence-electron chi connectivity index (χ1n) is 3.24. The number of benzene rings is 1. The summed E-state index contributed by atoms with van der Waals surface area (Å²) < 4.78 is 0. The first-order valence-corrected chi connectivity index (χ1v) is 3.24. The van der Waals surface area contributed by atoms with Gasteiger partial charge >= 0.3 is 0 Å². The van der Waals surface area contributed by atoms with Crippen LogP contribution in [0.1, 0.15) is 20.7 Å². The lowest BCUT2D eigenvalue weighted by molar-refractivity contribution is 0.0879. The van der Waals surface area contributed by atoms with Crippen molar-refractivity contribution in [1.29, 1.82) is 0 Å². The molecule has 2 amide bonds. The molecule has 1 aliphatic heterocycles. The van der Waals surface area contributed by atoms with E-state index in [0.717, 1.165) is 0 Å². The molecule has 0 radical (unpaired) electrons. The first-order chi connectivity index (χ1) is 5.29. The van der Waals surface area contributed by atoms with Gasteiger partial charge in [-0.2, -0.15) is 0 Å². The molecule has 0 aliphatic carbocycles. The van der Waals surface area contributed by atoms with E-state index in [4.69, 9.17) is 0 Å². The fraction of sp³-hybridized carbons (Fsp3) is 0. The molecule has 0 unspecified atom stereocenters. The monoisotopic (exact) mass is 201 g/mol. The van der Waals surface area contributed by atoms with E-state index >= 15 is 0 Å². The van der Waals surface area contributed by atoms with Gasteiger partial charge in [0.05, 0.1) is 11.1 Å². The van der Waals surface area contributed by atoms with E-state index in [9.17, 15) is 9.59 Å². The number of imide groups is 1. The van der Waals surface area contributed by atoms with Crippen LogP contribution in [0.4, 0.5) is 0 Å². The van der Waals surface area contributed by atoms with Crippen LogP contribution >= 0.6 is 12.4 Å². The highest BCUT2D eigenvalue weighted by atomic mass is 35.5. The molecule has 0 spiro atoms. The molecule has 1 aromatic carbocycles. The molecule has 0 aromatic heterocycles. The molecular formula is C8H8ClNO3. The van der Waals surface area contributed by atoms with Crippen molar-refractivity contribution in [2.75, 3.05) is 0 Å². The molecule has 0 bridgehead atoms. The van der Waals surface area contributed by atoms with Crippen LogP contribution in [0.2, 0.25) is 0 Å². The van der Waals surface area contributed by atoms with Gasteiger partial charge < -0.3 is 5.48 Å². The number of hydrogen-bond donors (Lipinski definition) is 1. The van der Waals surface area contributed by atoms with Crippen molar-refractivity contribution < 1.29 is 15.1 Å². The lowest BCUT2D eigenvalue weighted by Gasteiger charge is -1.88. The average molecular weight is 202 g/mol. The molecule has 1 heterocycles. The average Bonchev–Trinajstić information content (AvgIpc) is 2.30. The number of hydrogen-bond acceptors (Lipinski definition) is 2. The zero-order chi connectivity index (χ0) is 7.84. The predicted molar refractivity (Wildman–Crippen MR) is 49.1 cm³/mol. The minimum absolute atomic E-state index is 0. The van der Waals surface area contributed by atoms with Gasteiger partial charge in [-0.15, -0.1) is 12.4 Å². The van der Waals surface area contributed by atoms with Crippen LogP contribution in [0.15, 0.2) is 24.3 Å². The lowest BCUT2D eigenvalue weighted by atomic mass is 10.1. The third kappa shape index (κ3) is 1.68. The van der Waals surface area contributed by atoms with Crippen LogP contribution < -0.4 is 5.32 Å². The summed E-state index contributed by atoms with van der Waals surface area (Å²) in [7, 11) is 0. The second-order valence-corrected chi connectivity index (χ2v) is 2.33. The molecule has 4 nitrogen and oxygen atoms in total. The van der Waals surface area contributed by atoms with Crippen molar-refractivity contribution >= 4 is 24.2 Å². The topological polar surface area (TPSA) is 77.7 Å². The Labute approximate surface area is 80.7 Å². The molecule has 13 heavy (non-hydrogen) atoms. The van der Waals surface area contributed by atoms with Gasteiger partial charge in [-0.3, -0.25) is 14.9 Å². The van der Waals surface area contributed by atoms with Gasteiger partial charge in [-0.05, 0) is 12.1 Å². The number of fused-ring (bicyclic) bond motifs is 1. The SMILES string of the molecule is Cl.O.O=C1NC(=O)c2ccccc21. The van der Waals surface area contributed by atoms with Crippen LogP contribution in [-0.4, -0.2) is 17.3 Å². The minimum Gasteiger partial charge on any atom is -0.412 e. The van der Waals surface area contributed by atoms with Crippen LogP contribution in [-0.2, 0) is 0 Å². The molecule has 70 valence electrons. The summed E-state index contributed by atoms with van der Waals surface area (Å²) in [4.78, 5) is 21.9. The van der Waals surface area contributed by atoms with Crippen LogP contribution in [0.5, 0.6) is 0 Å². The van der Waals surface area contributed by atoms with E-state index in [1.807, 2.05) is 0 Å². The van der Waals surface area contributed by atoms with Crippen LogP contribution in [0.3, 0.4) is 0 Å². The van der Waals surface area contributed by atoms with E-state index < -0.39 is 0 Å². The first kappa shape index (κ1) is 11.6. The standard InChI is InChI=1S/C8H5NO2.ClH.H2O/c10-7-5-3-1-2-4-6(5)8(11)9-7;;/h1-4H,(H,9,10,11);1H;1H2. The number of halogens is 1. The van der Waals surface area contributed by atoms with Gasteiger partial charge in [0.25, 0.3) is 11.8 Å². The maximum atomic E-state index is 10.9. The molecule has 1 aromatic rings. The smallest absolute Gasteiger partial charge is 0.258 e. The van der Waals surface area contributed by atoms with Crippen molar-refractivity contribution in [2.45, 2.75) is 0 Å². The Morgan fingerprint density at radius 2 is 1.31 bits per heavy atom. The fourth-order valence-corrected chi connectivity index (χ4v) is 1.12. The van der Waals surface area contributed by atoms with Crippen molar-refractivity contribution in [3.63, 3.8) is 0 Å². The summed E-state index contributed by atoms with van der Waals surface area (Å²) >= 11 is 0. The quantitative estimate of drug-likeness (QED) is 0.608. The Balaban J connectivity index is 0.000000720. The number of carbonyl (C=O) groups excluding carboxylic acids is 2. The molecule has 0 atom stereocenters. The van der Waals surface area contributed by atoms with E-state index in [1.54, 1.807) is 24.3 Å².